The Kier molecular flexibility index (Phi) is 9.17. The summed E-state index contributed by atoms with van der Waals surface area (Å²) in [4.78, 5) is 9.95. The Labute approximate surface area is 95.2 Å². The second-order valence-corrected chi connectivity index (χ2v) is 2.82. The second kappa shape index (κ2) is 6.73. The van der Waals surface area contributed by atoms with Crippen molar-refractivity contribution in [1.82, 2.24) is 0 Å². The first kappa shape index (κ1) is 13.6. The number of carboxylic acids is 1. The molecule has 2 atom stereocenters. The van der Waals surface area contributed by atoms with Crippen molar-refractivity contribution in [1.29, 1.82) is 0 Å². The van der Waals surface area contributed by atoms with E-state index in [1.54, 1.807) is 6.92 Å². The number of carbonyl (C=O) groups is 1. The number of aliphatic carboxylic acids is 1. The van der Waals surface area contributed by atoms with Gasteiger partial charge in [-0.15, -0.1) is 0 Å². The van der Waals surface area contributed by atoms with Crippen molar-refractivity contribution >= 4 is 56.3 Å². The maximum absolute atomic E-state index is 9.95. The Bertz CT molecular complexity index is 107. The van der Waals surface area contributed by atoms with Gasteiger partial charge in [-0.05, 0) is 6.42 Å². The van der Waals surface area contributed by atoms with E-state index >= 15 is 0 Å². The molecule has 0 aliphatic rings. The van der Waals surface area contributed by atoms with Gasteiger partial charge >= 0.3 is 43.7 Å². The monoisotopic (exact) mass is 192 g/mol. The van der Waals surface area contributed by atoms with Gasteiger partial charge in [0.2, 0.25) is 0 Å². The van der Waals surface area contributed by atoms with Gasteiger partial charge in [-0.1, -0.05) is 6.92 Å². The van der Waals surface area contributed by atoms with Crippen LogP contribution in [0.2, 0.25) is 0 Å². The van der Waals surface area contributed by atoms with Crippen LogP contribution in [0.3, 0.4) is 0 Å². The quantitative estimate of drug-likeness (QED) is 0.406. The molecule has 10 heavy (non-hydrogen) atoms. The van der Waals surface area contributed by atoms with Crippen molar-refractivity contribution < 1.29 is 15.0 Å². The van der Waals surface area contributed by atoms with E-state index in [4.69, 9.17) is 10.2 Å². The fraction of sp³-hybridized carbons (Fsp3) is 0.800. The van der Waals surface area contributed by atoms with Crippen LogP contribution in [0.15, 0.2) is 0 Å². The zero-order valence-corrected chi connectivity index (χ0v) is 6.01. The summed E-state index contributed by atoms with van der Waals surface area (Å²) >= 11 is 3.91. The molecule has 0 heterocycles. The summed E-state index contributed by atoms with van der Waals surface area (Å²) in [7, 11) is 0. The Morgan fingerprint density at radius 2 is 2.10 bits per heavy atom. The molecule has 0 amide bonds. The van der Waals surface area contributed by atoms with Crippen molar-refractivity contribution in [2.45, 2.75) is 24.7 Å². The summed E-state index contributed by atoms with van der Waals surface area (Å²) < 4.78 is 0. The third-order valence-electron chi connectivity index (χ3n) is 0.849. The Morgan fingerprint density at radius 1 is 1.70 bits per heavy atom. The zero-order valence-electron chi connectivity index (χ0n) is 5.11. The molecule has 0 spiro atoms. The first-order chi connectivity index (χ1) is 4.04. The molecule has 3 nitrogen and oxygen atoms in total. The molecule has 2 N–H and O–H groups in total. The predicted octanol–water partition coefficient (Wildman–Crippen LogP) is -0.776. The average Bonchev–Trinajstić information content (AvgIpc) is 1.63. The van der Waals surface area contributed by atoms with Gasteiger partial charge in [-0.3, -0.25) is 0 Å². The van der Waals surface area contributed by atoms with E-state index in [0.717, 1.165) is 0 Å². The van der Waals surface area contributed by atoms with E-state index in [-0.39, 0.29) is 49.4 Å². The topological polar surface area (TPSA) is 57.5 Å². The van der Waals surface area contributed by atoms with Gasteiger partial charge in [-0.2, -0.15) is 12.6 Å². The third kappa shape index (κ3) is 7.15. The number of hydrogen-bond donors (Lipinski definition) is 3. The van der Waals surface area contributed by atoms with Crippen LogP contribution in [0.4, 0.5) is 0 Å². The number of hydrogen-bond acceptors (Lipinski definition) is 3. The standard InChI is InChI=1S/C5H10O3S.Ca.2H/c1-3(9)2-4(6)5(7)8;;;/h3-4,6,9H,2H2,1H3,(H,7,8);;;. The third-order valence-corrected chi connectivity index (χ3v) is 1.06. The number of rotatable bonds is 3. The minimum atomic E-state index is -1.27. The van der Waals surface area contributed by atoms with Crippen LogP contribution in [0.25, 0.3) is 0 Å². The molecule has 2 unspecified atom stereocenters. The van der Waals surface area contributed by atoms with E-state index in [1.807, 2.05) is 0 Å². The van der Waals surface area contributed by atoms with Gasteiger partial charge in [0.1, 0.15) is 0 Å². The van der Waals surface area contributed by atoms with Crippen molar-refractivity contribution in [2.24, 2.45) is 0 Å². The minimum absolute atomic E-state index is 0. The van der Waals surface area contributed by atoms with Crippen molar-refractivity contribution in [3.8, 4) is 0 Å². The van der Waals surface area contributed by atoms with E-state index in [0.29, 0.717) is 0 Å². The Morgan fingerprint density at radius 3 is 2.20 bits per heavy atom. The van der Waals surface area contributed by atoms with Gasteiger partial charge in [0.15, 0.2) is 6.10 Å². The van der Waals surface area contributed by atoms with E-state index in [2.05, 4.69) is 12.6 Å². The normalized spacial score (nSPS) is 15.1. The molecule has 0 aliphatic heterocycles. The summed E-state index contributed by atoms with van der Waals surface area (Å²) in [5, 5.41) is 16.7. The molecule has 0 aromatic rings. The Hall–Kier alpha value is 1.04. The molecule has 5 heteroatoms. The SMILES string of the molecule is CC(S)CC(O)C(=O)O.[CaH2]. The van der Waals surface area contributed by atoms with Crippen molar-refractivity contribution in [3.05, 3.63) is 0 Å². The van der Waals surface area contributed by atoms with Gasteiger partial charge < -0.3 is 10.2 Å². The zero-order chi connectivity index (χ0) is 7.44. The van der Waals surface area contributed by atoms with E-state index < -0.39 is 12.1 Å². The van der Waals surface area contributed by atoms with Gasteiger partial charge in [0.05, 0.1) is 0 Å². The van der Waals surface area contributed by atoms with Crippen LogP contribution < -0.4 is 0 Å². The van der Waals surface area contributed by atoms with Crippen LogP contribution in [0, 0.1) is 0 Å². The summed E-state index contributed by atoms with van der Waals surface area (Å²) in [6.07, 6.45) is -1.07. The first-order valence-electron chi connectivity index (χ1n) is 2.63. The number of aliphatic hydroxyl groups excluding tert-OH is 1. The average molecular weight is 192 g/mol. The number of aliphatic hydroxyl groups is 1. The van der Waals surface area contributed by atoms with Crippen LogP contribution in [0.1, 0.15) is 13.3 Å². The molecule has 0 bridgehead atoms. The first-order valence-corrected chi connectivity index (χ1v) is 3.14. The van der Waals surface area contributed by atoms with Gasteiger partial charge in [-0.25, -0.2) is 4.79 Å². The van der Waals surface area contributed by atoms with E-state index in [9.17, 15) is 4.79 Å². The van der Waals surface area contributed by atoms with Crippen molar-refractivity contribution in [2.75, 3.05) is 0 Å². The summed E-state index contributed by atoms with van der Waals surface area (Å²) in [6.45, 7) is 1.73. The van der Waals surface area contributed by atoms with E-state index in [1.165, 1.54) is 0 Å². The second-order valence-electron chi connectivity index (χ2n) is 1.94. The summed E-state index contributed by atoms with van der Waals surface area (Å²) in [5.74, 6) is -1.18. The van der Waals surface area contributed by atoms with Crippen LogP contribution >= 0.6 is 12.6 Å². The predicted molar refractivity (Wildman–Crippen MR) is 45.3 cm³/mol. The summed E-state index contributed by atoms with van der Waals surface area (Å²) in [6, 6.07) is 0. The molecule has 0 rings (SSSR count). The molecule has 0 aliphatic carbocycles. The van der Waals surface area contributed by atoms with Crippen molar-refractivity contribution in [3.63, 3.8) is 0 Å². The molecular weight excluding hydrogens is 180 g/mol. The van der Waals surface area contributed by atoms with Crippen LogP contribution in [-0.4, -0.2) is 65.3 Å². The fourth-order valence-corrected chi connectivity index (χ4v) is 0.624. The molecule has 0 saturated carbocycles. The number of thiol groups is 1. The summed E-state index contributed by atoms with van der Waals surface area (Å²) in [5.41, 5.74) is 0. The van der Waals surface area contributed by atoms with Crippen LogP contribution in [-0.2, 0) is 4.79 Å². The molecule has 0 radical (unpaired) electrons. The number of carboxylic acid groups (broad SMARTS) is 1. The molecular formula is C5H12CaO3S. The maximum atomic E-state index is 9.95. The van der Waals surface area contributed by atoms with Crippen LogP contribution in [0.5, 0.6) is 0 Å². The molecule has 0 aromatic heterocycles. The van der Waals surface area contributed by atoms with Gasteiger partial charge in [0.25, 0.3) is 0 Å². The molecule has 58 valence electrons. The molecule has 0 aromatic carbocycles. The Balaban J connectivity index is 0. The molecule has 0 saturated heterocycles. The van der Waals surface area contributed by atoms with Gasteiger partial charge in [0, 0.05) is 5.25 Å². The molecule has 0 fully saturated rings. The fourth-order valence-electron chi connectivity index (χ4n) is 0.424.